The molecule has 0 N–H and O–H groups in total. The van der Waals surface area contributed by atoms with Crippen LogP contribution in [0.3, 0.4) is 0 Å². The number of hydrogen-bond donors (Lipinski definition) is 0. The van der Waals surface area contributed by atoms with Gasteiger partial charge in [-0.05, 0) is 111 Å². The number of para-hydroxylation sites is 3. The summed E-state index contributed by atoms with van der Waals surface area (Å²) in [6.07, 6.45) is 0. The first-order valence-electron chi connectivity index (χ1n) is 24.6. The molecule has 0 aliphatic carbocycles. The van der Waals surface area contributed by atoms with Crippen molar-refractivity contribution in [2.75, 3.05) is 4.90 Å². The van der Waals surface area contributed by atoms with Crippen molar-refractivity contribution in [1.29, 1.82) is 0 Å². The fourth-order valence-electron chi connectivity index (χ4n) is 8.77. The van der Waals surface area contributed by atoms with E-state index < -0.39 is 59.9 Å². The van der Waals surface area contributed by atoms with Crippen molar-refractivity contribution < 1.29 is 16.8 Å². The minimum absolute atomic E-state index is 0.0881. The summed E-state index contributed by atoms with van der Waals surface area (Å²) in [6.45, 7) is 0. The van der Waals surface area contributed by atoms with Crippen LogP contribution < -0.4 is 4.90 Å². The van der Waals surface area contributed by atoms with Gasteiger partial charge in [-0.3, -0.25) is 0 Å². The van der Waals surface area contributed by atoms with Gasteiger partial charge in [0.2, 0.25) is 0 Å². The van der Waals surface area contributed by atoms with E-state index in [1.54, 1.807) is 4.90 Å². The number of aromatic nitrogens is 1. The van der Waals surface area contributed by atoms with Crippen LogP contribution in [0.1, 0.15) is 12.3 Å². The van der Waals surface area contributed by atoms with Crippen molar-refractivity contribution in [2.45, 2.75) is 0 Å². The van der Waals surface area contributed by atoms with Gasteiger partial charge in [0.25, 0.3) is 0 Å². The Morgan fingerprint density at radius 1 is 0.410 bits per heavy atom. The third-order valence-corrected chi connectivity index (χ3v) is 11.5. The van der Waals surface area contributed by atoms with E-state index in [2.05, 4.69) is 71.3 Å². The first kappa shape index (κ1) is 26.8. The maximum absolute atomic E-state index is 9.69. The Balaban J connectivity index is 1.06. The maximum atomic E-state index is 9.69. The molecular formula is C58H38N2O. The smallest absolute Gasteiger partial charge is 0.136 e. The van der Waals surface area contributed by atoms with Crippen LogP contribution in [-0.2, 0) is 0 Å². The molecule has 0 saturated carbocycles. The lowest BCUT2D eigenvalue weighted by Gasteiger charge is -2.28. The average molecular weight is 788 g/mol. The van der Waals surface area contributed by atoms with Crippen LogP contribution in [0.4, 0.5) is 17.1 Å². The van der Waals surface area contributed by atoms with Crippen LogP contribution in [-0.4, -0.2) is 4.57 Å². The van der Waals surface area contributed by atoms with E-state index >= 15 is 0 Å². The number of furan rings is 1. The molecular weight excluding hydrogens is 741 g/mol. The van der Waals surface area contributed by atoms with E-state index in [1.807, 2.05) is 109 Å². The predicted octanol–water partition coefficient (Wildman–Crippen LogP) is 16.3. The molecule has 2 aromatic heterocycles. The second-order valence-electron chi connectivity index (χ2n) is 15.0. The van der Waals surface area contributed by atoms with E-state index in [4.69, 9.17) is 11.3 Å². The standard InChI is InChI=1S/C58H38N2O/c1-2-14-39(15-3-1)40-28-32-45(33-29-40)59(53-24-9-8-22-50(53)51-23-13-27-56-58(51)52-37-43-16-4-5-17-44(43)38-57(52)61-56)46-34-30-41(31-35-46)42-18-12-19-47(36-42)60-54-25-10-6-20-48(54)49-21-7-11-26-55(49)60/h1-38H/i1D,2D,3D,14D,15D,28D,29D,32D,33D. The topological polar surface area (TPSA) is 21.3 Å². The van der Waals surface area contributed by atoms with Crippen LogP contribution in [0, 0.1) is 0 Å². The lowest BCUT2D eigenvalue weighted by Crippen LogP contribution is -2.11. The molecule has 0 aliphatic rings. The van der Waals surface area contributed by atoms with Crippen LogP contribution in [0.5, 0.6) is 0 Å². The largest absolute Gasteiger partial charge is 0.456 e. The molecule has 0 unspecified atom stereocenters. The molecule has 0 radical (unpaired) electrons. The van der Waals surface area contributed by atoms with Crippen molar-refractivity contribution >= 4 is 71.6 Å². The zero-order valence-corrected chi connectivity index (χ0v) is 32.5. The molecule has 12 rings (SSSR count). The van der Waals surface area contributed by atoms with Gasteiger partial charge >= 0.3 is 0 Å². The molecule has 12 aromatic rings. The Bertz CT molecular complexity index is 4030. The molecule has 0 amide bonds. The van der Waals surface area contributed by atoms with Crippen molar-refractivity contribution in [1.82, 2.24) is 4.57 Å². The summed E-state index contributed by atoms with van der Waals surface area (Å²) in [5.74, 6) is 0. The lowest BCUT2D eigenvalue weighted by molar-refractivity contribution is 0.669. The molecule has 286 valence electrons. The van der Waals surface area contributed by atoms with Gasteiger partial charge < -0.3 is 13.9 Å². The second kappa shape index (κ2) is 14.3. The number of benzene rings is 10. The molecule has 3 nitrogen and oxygen atoms in total. The quantitative estimate of drug-likeness (QED) is 0.160. The van der Waals surface area contributed by atoms with Gasteiger partial charge in [0.05, 0.1) is 29.1 Å². The third-order valence-electron chi connectivity index (χ3n) is 11.5. The average Bonchev–Trinajstić information content (AvgIpc) is 3.94. The SMILES string of the molecule is [2H]c1c([2H])c([2H])c(-c2c([2H])c([2H])c(N(c3ccc(-c4cccc(-n5c6ccccc6c6ccccc65)c4)cc3)c3ccccc3-c3cccc4oc5cc6ccccc6cc5c34)c([2H])c2[2H])c([2H])c1[2H]. The van der Waals surface area contributed by atoms with Gasteiger partial charge in [-0.15, -0.1) is 0 Å². The molecule has 0 saturated heterocycles. The Labute approximate surface area is 366 Å². The summed E-state index contributed by atoms with van der Waals surface area (Å²) in [5, 5.41) is 6.19. The van der Waals surface area contributed by atoms with E-state index in [0.717, 1.165) is 76.9 Å². The molecule has 0 bridgehead atoms. The molecule has 3 heteroatoms. The third kappa shape index (κ3) is 5.90. The number of rotatable bonds is 7. The summed E-state index contributed by atoms with van der Waals surface area (Å²) >= 11 is 0. The molecule has 0 fully saturated rings. The van der Waals surface area contributed by atoms with Gasteiger partial charge in [0.1, 0.15) is 11.2 Å². The Morgan fingerprint density at radius 3 is 1.82 bits per heavy atom. The number of anilines is 3. The van der Waals surface area contributed by atoms with Crippen LogP contribution in [0.2, 0.25) is 0 Å². The van der Waals surface area contributed by atoms with E-state index in [1.165, 1.54) is 0 Å². The summed E-state index contributed by atoms with van der Waals surface area (Å²) in [7, 11) is 0. The molecule has 2 heterocycles. The first-order valence-corrected chi connectivity index (χ1v) is 20.1. The lowest BCUT2D eigenvalue weighted by atomic mass is 9.96. The Morgan fingerprint density at radius 2 is 1.05 bits per heavy atom. The number of fused-ring (bicyclic) bond motifs is 7. The van der Waals surface area contributed by atoms with Gasteiger partial charge in [-0.2, -0.15) is 0 Å². The van der Waals surface area contributed by atoms with Crippen LogP contribution >= 0.6 is 0 Å². The monoisotopic (exact) mass is 787 g/mol. The van der Waals surface area contributed by atoms with Gasteiger partial charge in [-0.25, -0.2) is 0 Å². The highest BCUT2D eigenvalue weighted by molar-refractivity contribution is 6.16. The fraction of sp³-hybridized carbons (Fsp3) is 0. The van der Waals surface area contributed by atoms with Crippen molar-refractivity contribution in [2.24, 2.45) is 0 Å². The van der Waals surface area contributed by atoms with Crippen molar-refractivity contribution in [3.8, 4) is 39.1 Å². The molecule has 0 atom stereocenters. The molecule has 10 aromatic carbocycles. The van der Waals surface area contributed by atoms with E-state index in [9.17, 15) is 5.48 Å². The zero-order chi connectivity index (χ0) is 48.1. The fourth-order valence-corrected chi connectivity index (χ4v) is 8.77. The number of nitrogens with zero attached hydrogens (tertiary/aromatic N) is 2. The summed E-state index contributed by atoms with van der Waals surface area (Å²) in [6, 6.07) is 53.4. The van der Waals surface area contributed by atoms with E-state index in [-0.39, 0.29) is 11.3 Å². The minimum Gasteiger partial charge on any atom is -0.456 e. The van der Waals surface area contributed by atoms with Crippen molar-refractivity contribution in [3.05, 3.63) is 230 Å². The predicted molar refractivity (Wildman–Crippen MR) is 257 cm³/mol. The molecule has 0 spiro atoms. The zero-order valence-electron chi connectivity index (χ0n) is 41.5. The van der Waals surface area contributed by atoms with Crippen molar-refractivity contribution in [3.63, 3.8) is 0 Å². The maximum Gasteiger partial charge on any atom is 0.136 e. The van der Waals surface area contributed by atoms with Crippen LogP contribution in [0.25, 0.3) is 93.6 Å². The highest BCUT2D eigenvalue weighted by Crippen LogP contribution is 2.46. The normalized spacial score (nSPS) is 13.7. The number of hydrogen-bond acceptors (Lipinski definition) is 2. The summed E-state index contributed by atoms with van der Waals surface area (Å²) in [4.78, 5) is 1.72. The van der Waals surface area contributed by atoms with E-state index in [0.29, 0.717) is 17.0 Å². The Kier molecular flexibility index (Phi) is 6.28. The van der Waals surface area contributed by atoms with Gasteiger partial charge in [0.15, 0.2) is 0 Å². The first-order chi connectivity index (χ1) is 34.0. The minimum atomic E-state index is -0.637. The molecule has 0 aliphatic heterocycles. The highest BCUT2D eigenvalue weighted by atomic mass is 16.3. The Hall–Kier alpha value is -8.14. The molecule has 61 heavy (non-hydrogen) atoms. The summed E-state index contributed by atoms with van der Waals surface area (Å²) < 4.78 is 89.4. The van der Waals surface area contributed by atoms with Crippen LogP contribution in [0.15, 0.2) is 235 Å². The highest BCUT2D eigenvalue weighted by Gasteiger charge is 2.21. The summed E-state index contributed by atoms with van der Waals surface area (Å²) in [5.41, 5.74) is 8.16. The second-order valence-corrected chi connectivity index (χ2v) is 15.0. The van der Waals surface area contributed by atoms with Gasteiger partial charge in [-0.1, -0.05) is 158 Å². The van der Waals surface area contributed by atoms with Gasteiger partial charge in [0, 0.05) is 44.2 Å².